The van der Waals surface area contributed by atoms with Gasteiger partial charge in [-0.1, -0.05) is 30.3 Å². The number of ether oxygens (including phenoxy) is 1. The van der Waals surface area contributed by atoms with E-state index >= 15 is 0 Å². The highest BCUT2D eigenvalue weighted by Crippen LogP contribution is 2.60. The molecule has 0 aromatic heterocycles. The van der Waals surface area contributed by atoms with E-state index in [0.717, 1.165) is 17.8 Å². The second-order valence-electron chi connectivity index (χ2n) is 9.38. The second-order valence-corrected chi connectivity index (χ2v) is 9.38. The van der Waals surface area contributed by atoms with E-state index in [4.69, 9.17) is 4.74 Å². The SMILES string of the molecule is O=C(COc1ccc(C23CC4CC(CC(C4)C2)C3)cc1)NNC(=O)c1ccccc1. The van der Waals surface area contributed by atoms with E-state index in [-0.39, 0.29) is 12.5 Å². The minimum absolute atomic E-state index is 0.147. The van der Waals surface area contributed by atoms with Crippen LogP contribution >= 0.6 is 0 Å². The van der Waals surface area contributed by atoms with Gasteiger partial charge in [0.05, 0.1) is 0 Å². The van der Waals surface area contributed by atoms with Gasteiger partial charge in [-0.15, -0.1) is 0 Å². The fourth-order valence-electron chi connectivity index (χ4n) is 6.34. The van der Waals surface area contributed by atoms with Crippen LogP contribution in [0.3, 0.4) is 0 Å². The van der Waals surface area contributed by atoms with Crippen LogP contribution in [0.2, 0.25) is 0 Å². The van der Waals surface area contributed by atoms with Crippen molar-refractivity contribution >= 4 is 11.8 Å². The molecule has 0 spiro atoms. The first kappa shape index (κ1) is 19.2. The summed E-state index contributed by atoms with van der Waals surface area (Å²) in [6, 6.07) is 17.1. The van der Waals surface area contributed by atoms with Crippen molar-refractivity contribution in [1.29, 1.82) is 0 Å². The lowest BCUT2D eigenvalue weighted by Gasteiger charge is -2.57. The van der Waals surface area contributed by atoms with Crippen LogP contribution in [-0.2, 0) is 10.2 Å². The summed E-state index contributed by atoms with van der Waals surface area (Å²) in [4.78, 5) is 24.0. The van der Waals surface area contributed by atoms with Crippen molar-refractivity contribution in [1.82, 2.24) is 10.9 Å². The Hall–Kier alpha value is -2.82. The molecule has 4 fully saturated rings. The van der Waals surface area contributed by atoms with Crippen molar-refractivity contribution in [3.8, 4) is 5.75 Å². The van der Waals surface area contributed by atoms with Crippen molar-refractivity contribution in [3.05, 3.63) is 65.7 Å². The number of benzene rings is 2. The highest BCUT2D eigenvalue weighted by molar-refractivity contribution is 5.95. The highest BCUT2D eigenvalue weighted by Gasteiger charge is 2.51. The van der Waals surface area contributed by atoms with Gasteiger partial charge in [-0.3, -0.25) is 20.4 Å². The van der Waals surface area contributed by atoms with Crippen LogP contribution in [0.1, 0.15) is 54.4 Å². The number of rotatable bonds is 5. The fraction of sp³-hybridized carbons (Fsp3) is 0.440. The molecule has 2 N–H and O–H groups in total. The number of hydrogen-bond acceptors (Lipinski definition) is 3. The van der Waals surface area contributed by atoms with E-state index < -0.39 is 5.91 Å². The molecule has 5 heteroatoms. The first-order valence-electron chi connectivity index (χ1n) is 11.0. The summed E-state index contributed by atoms with van der Waals surface area (Å²) in [5.41, 5.74) is 7.08. The van der Waals surface area contributed by atoms with E-state index in [1.54, 1.807) is 24.3 Å². The minimum atomic E-state index is -0.399. The Kier molecular flexibility index (Phi) is 4.97. The number of amides is 2. The molecule has 4 aliphatic carbocycles. The average molecular weight is 405 g/mol. The maximum atomic E-state index is 12.0. The maximum absolute atomic E-state index is 12.0. The number of carbonyl (C=O) groups is 2. The molecule has 4 saturated carbocycles. The minimum Gasteiger partial charge on any atom is -0.484 e. The van der Waals surface area contributed by atoms with E-state index in [1.165, 1.54) is 44.1 Å². The largest absolute Gasteiger partial charge is 0.484 e. The molecule has 4 aliphatic rings. The second kappa shape index (κ2) is 7.78. The van der Waals surface area contributed by atoms with Crippen molar-refractivity contribution in [2.24, 2.45) is 17.8 Å². The van der Waals surface area contributed by atoms with E-state index in [0.29, 0.717) is 16.7 Å². The molecule has 0 aliphatic heterocycles. The zero-order valence-electron chi connectivity index (χ0n) is 17.1. The van der Waals surface area contributed by atoms with Crippen LogP contribution in [0.4, 0.5) is 0 Å². The van der Waals surface area contributed by atoms with Gasteiger partial charge in [-0.05, 0) is 91.5 Å². The first-order chi connectivity index (χ1) is 14.6. The van der Waals surface area contributed by atoms with Crippen LogP contribution < -0.4 is 15.6 Å². The molecular formula is C25H28N2O3. The quantitative estimate of drug-likeness (QED) is 0.741. The molecule has 0 heterocycles. The average Bonchev–Trinajstić information content (AvgIpc) is 2.76. The maximum Gasteiger partial charge on any atom is 0.276 e. The number of carbonyl (C=O) groups excluding carboxylic acids is 2. The number of hydrazine groups is 1. The molecule has 4 bridgehead atoms. The van der Waals surface area contributed by atoms with Crippen LogP contribution in [-0.4, -0.2) is 18.4 Å². The van der Waals surface area contributed by atoms with Gasteiger partial charge in [0.25, 0.3) is 11.8 Å². The monoisotopic (exact) mass is 404 g/mol. The van der Waals surface area contributed by atoms with Gasteiger partial charge in [0.1, 0.15) is 5.75 Å². The third-order valence-corrected chi connectivity index (χ3v) is 7.23. The van der Waals surface area contributed by atoms with Gasteiger partial charge in [-0.2, -0.15) is 0 Å². The fourth-order valence-corrected chi connectivity index (χ4v) is 6.34. The Balaban J connectivity index is 1.13. The zero-order valence-corrected chi connectivity index (χ0v) is 17.1. The van der Waals surface area contributed by atoms with E-state index in [9.17, 15) is 9.59 Å². The predicted octanol–water partition coefficient (Wildman–Crippen LogP) is 3.99. The van der Waals surface area contributed by atoms with Crippen molar-refractivity contribution in [2.75, 3.05) is 6.61 Å². The topological polar surface area (TPSA) is 67.4 Å². The normalized spacial score (nSPS) is 28.7. The molecule has 0 saturated heterocycles. The van der Waals surface area contributed by atoms with Crippen LogP contribution in [0, 0.1) is 17.8 Å². The van der Waals surface area contributed by atoms with Gasteiger partial charge in [0.2, 0.25) is 0 Å². The molecule has 5 nitrogen and oxygen atoms in total. The molecule has 0 radical (unpaired) electrons. The van der Waals surface area contributed by atoms with Gasteiger partial charge < -0.3 is 4.74 Å². The van der Waals surface area contributed by atoms with Gasteiger partial charge in [0.15, 0.2) is 6.61 Å². The Bertz CT molecular complexity index is 888. The zero-order chi connectivity index (χ0) is 20.6. The molecule has 2 amide bonds. The Morgan fingerprint density at radius 1 is 0.833 bits per heavy atom. The summed E-state index contributed by atoms with van der Waals surface area (Å²) in [6.07, 6.45) is 8.33. The molecule has 0 atom stereocenters. The standard InChI is InChI=1S/C25H28N2O3/c28-23(26-27-24(29)20-4-2-1-3-5-20)16-30-22-8-6-21(7-9-22)25-13-17-10-18(14-25)12-19(11-17)15-25/h1-9,17-19H,10-16H2,(H,26,28)(H,27,29). The summed E-state index contributed by atoms with van der Waals surface area (Å²) in [5, 5.41) is 0. The molecule has 0 unspecified atom stereocenters. The molecule has 6 rings (SSSR count). The van der Waals surface area contributed by atoms with Gasteiger partial charge >= 0.3 is 0 Å². The molecule has 30 heavy (non-hydrogen) atoms. The van der Waals surface area contributed by atoms with Gasteiger partial charge in [-0.25, -0.2) is 0 Å². The molecular weight excluding hydrogens is 376 g/mol. The van der Waals surface area contributed by atoms with Crippen LogP contribution in [0.25, 0.3) is 0 Å². The lowest BCUT2D eigenvalue weighted by atomic mass is 9.48. The summed E-state index contributed by atoms with van der Waals surface area (Å²) in [7, 11) is 0. The summed E-state index contributed by atoms with van der Waals surface area (Å²) >= 11 is 0. The third-order valence-electron chi connectivity index (χ3n) is 7.23. The first-order valence-corrected chi connectivity index (χ1v) is 11.0. The van der Waals surface area contributed by atoms with Crippen molar-refractivity contribution in [3.63, 3.8) is 0 Å². The smallest absolute Gasteiger partial charge is 0.276 e. The van der Waals surface area contributed by atoms with Crippen molar-refractivity contribution in [2.45, 2.75) is 43.9 Å². The number of nitrogens with one attached hydrogen (secondary N) is 2. The van der Waals surface area contributed by atoms with E-state index in [2.05, 4.69) is 23.0 Å². The van der Waals surface area contributed by atoms with Crippen molar-refractivity contribution < 1.29 is 14.3 Å². The predicted molar refractivity (Wildman–Crippen MR) is 114 cm³/mol. The van der Waals surface area contributed by atoms with Crippen LogP contribution in [0.15, 0.2) is 54.6 Å². The lowest BCUT2D eigenvalue weighted by Crippen LogP contribution is -2.48. The third kappa shape index (κ3) is 3.81. The number of hydrogen-bond donors (Lipinski definition) is 2. The Labute approximate surface area is 177 Å². The summed E-state index contributed by atoms with van der Waals surface area (Å²) in [6.45, 7) is -0.147. The molecule has 156 valence electrons. The Morgan fingerprint density at radius 2 is 1.43 bits per heavy atom. The summed E-state index contributed by atoms with van der Waals surface area (Å²) < 4.78 is 5.62. The highest BCUT2D eigenvalue weighted by atomic mass is 16.5. The van der Waals surface area contributed by atoms with Gasteiger partial charge in [0, 0.05) is 5.56 Å². The van der Waals surface area contributed by atoms with E-state index in [1.807, 2.05) is 18.2 Å². The summed E-state index contributed by atoms with van der Waals surface area (Å²) in [5.74, 6) is 2.67. The molecule has 2 aromatic rings. The molecule has 2 aromatic carbocycles. The lowest BCUT2D eigenvalue weighted by molar-refractivity contribution is -0.123. The Morgan fingerprint density at radius 3 is 2.03 bits per heavy atom. The van der Waals surface area contributed by atoms with Crippen LogP contribution in [0.5, 0.6) is 5.75 Å².